The van der Waals surface area contributed by atoms with Gasteiger partial charge in [-0.3, -0.25) is 0 Å². The summed E-state index contributed by atoms with van der Waals surface area (Å²) in [7, 11) is 0. The van der Waals surface area contributed by atoms with Crippen LogP contribution in [0.1, 0.15) is 32.3 Å². The molecular formula is C13H18Cl2O. The Bertz CT molecular complexity index is 335. The number of halogens is 2. The largest absolute Gasteiger partial charge is 0.392 e. The van der Waals surface area contributed by atoms with Gasteiger partial charge in [-0.25, -0.2) is 0 Å². The van der Waals surface area contributed by atoms with E-state index < -0.39 is 0 Å². The molecule has 0 bridgehead atoms. The van der Waals surface area contributed by atoms with Gasteiger partial charge in [-0.2, -0.15) is 0 Å². The fourth-order valence-electron chi connectivity index (χ4n) is 1.92. The van der Waals surface area contributed by atoms with E-state index in [1.807, 2.05) is 6.07 Å². The standard InChI is InChI=1S/C13H18Cl2O/c1-3-9(4-2)13(16)8-10-7-11(14)5-6-12(10)15/h5-7,9,13,16H,3-4,8H2,1-2H3. The van der Waals surface area contributed by atoms with Crippen LogP contribution in [0.5, 0.6) is 0 Å². The first-order valence-electron chi connectivity index (χ1n) is 5.70. The average Bonchev–Trinajstić information content (AvgIpc) is 2.25. The van der Waals surface area contributed by atoms with E-state index in [2.05, 4.69) is 13.8 Å². The molecule has 1 unspecified atom stereocenters. The first-order valence-corrected chi connectivity index (χ1v) is 6.46. The lowest BCUT2D eigenvalue weighted by Gasteiger charge is -2.20. The summed E-state index contributed by atoms with van der Waals surface area (Å²) in [6.07, 6.45) is 2.20. The van der Waals surface area contributed by atoms with E-state index in [9.17, 15) is 5.11 Å². The van der Waals surface area contributed by atoms with Crippen molar-refractivity contribution in [3.05, 3.63) is 33.8 Å². The number of benzene rings is 1. The quantitative estimate of drug-likeness (QED) is 0.836. The number of aliphatic hydroxyl groups excluding tert-OH is 1. The minimum Gasteiger partial charge on any atom is -0.392 e. The van der Waals surface area contributed by atoms with E-state index in [1.54, 1.807) is 12.1 Å². The SMILES string of the molecule is CCC(CC)C(O)Cc1cc(Cl)ccc1Cl. The molecule has 0 radical (unpaired) electrons. The van der Waals surface area contributed by atoms with Crippen LogP contribution < -0.4 is 0 Å². The molecular weight excluding hydrogens is 243 g/mol. The van der Waals surface area contributed by atoms with Crippen LogP contribution in [0.15, 0.2) is 18.2 Å². The summed E-state index contributed by atoms with van der Waals surface area (Å²) in [4.78, 5) is 0. The summed E-state index contributed by atoms with van der Waals surface area (Å²) in [5.74, 6) is 0.329. The van der Waals surface area contributed by atoms with Gasteiger partial charge < -0.3 is 5.11 Å². The molecule has 3 heteroatoms. The van der Waals surface area contributed by atoms with Crippen molar-refractivity contribution in [1.29, 1.82) is 0 Å². The van der Waals surface area contributed by atoms with Crippen LogP contribution in [-0.4, -0.2) is 11.2 Å². The molecule has 0 fully saturated rings. The lowest BCUT2D eigenvalue weighted by Crippen LogP contribution is -2.21. The molecule has 0 saturated carbocycles. The lowest BCUT2D eigenvalue weighted by molar-refractivity contribution is 0.103. The minimum atomic E-state index is -0.342. The molecule has 1 aromatic carbocycles. The summed E-state index contributed by atoms with van der Waals surface area (Å²) < 4.78 is 0. The summed E-state index contributed by atoms with van der Waals surface area (Å²) in [5.41, 5.74) is 0.925. The Balaban J connectivity index is 2.75. The third-order valence-corrected chi connectivity index (χ3v) is 3.63. The molecule has 0 saturated heterocycles. The van der Waals surface area contributed by atoms with Gasteiger partial charge in [0.05, 0.1) is 6.10 Å². The van der Waals surface area contributed by atoms with Gasteiger partial charge in [0, 0.05) is 16.5 Å². The summed E-state index contributed by atoms with van der Waals surface area (Å²) in [6.45, 7) is 4.19. The maximum atomic E-state index is 10.1. The van der Waals surface area contributed by atoms with Gasteiger partial charge in [0.1, 0.15) is 0 Å². The van der Waals surface area contributed by atoms with E-state index in [0.29, 0.717) is 22.4 Å². The van der Waals surface area contributed by atoms with Crippen molar-refractivity contribution in [3.63, 3.8) is 0 Å². The molecule has 1 rings (SSSR count). The fraction of sp³-hybridized carbons (Fsp3) is 0.538. The Kier molecular flexibility index (Phi) is 5.60. The highest BCUT2D eigenvalue weighted by Gasteiger charge is 2.17. The van der Waals surface area contributed by atoms with Crippen LogP contribution in [-0.2, 0) is 6.42 Å². The number of aliphatic hydroxyl groups is 1. The zero-order chi connectivity index (χ0) is 12.1. The normalized spacial score (nSPS) is 13.1. The second kappa shape index (κ2) is 6.48. The zero-order valence-electron chi connectivity index (χ0n) is 9.71. The maximum Gasteiger partial charge on any atom is 0.0609 e. The molecule has 1 aromatic rings. The van der Waals surface area contributed by atoms with E-state index in [0.717, 1.165) is 18.4 Å². The van der Waals surface area contributed by atoms with Crippen LogP contribution >= 0.6 is 23.2 Å². The molecule has 0 heterocycles. The van der Waals surface area contributed by atoms with Crippen molar-refractivity contribution in [3.8, 4) is 0 Å². The molecule has 90 valence electrons. The number of hydrogen-bond donors (Lipinski definition) is 1. The summed E-state index contributed by atoms with van der Waals surface area (Å²) >= 11 is 12.0. The smallest absolute Gasteiger partial charge is 0.0609 e. The zero-order valence-corrected chi connectivity index (χ0v) is 11.2. The van der Waals surface area contributed by atoms with Crippen molar-refractivity contribution < 1.29 is 5.11 Å². The third-order valence-electron chi connectivity index (χ3n) is 3.03. The summed E-state index contributed by atoms with van der Waals surface area (Å²) in [5, 5.41) is 11.4. The third kappa shape index (κ3) is 3.65. The topological polar surface area (TPSA) is 20.2 Å². The van der Waals surface area contributed by atoms with E-state index in [4.69, 9.17) is 23.2 Å². The van der Waals surface area contributed by atoms with Gasteiger partial charge in [-0.15, -0.1) is 0 Å². The molecule has 0 amide bonds. The average molecular weight is 261 g/mol. The second-order valence-corrected chi connectivity index (χ2v) is 4.93. The highest BCUT2D eigenvalue weighted by atomic mass is 35.5. The highest BCUT2D eigenvalue weighted by molar-refractivity contribution is 6.33. The van der Waals surface area contributed by atoms with Gasteiger partial charge in [-0.1, -0.05) is 49.9 Å². The van der Waals surface area contributed by atoms with Crippen molar-refractivity contribution in [2.75, 3.05) is 0 Å². The monoisotopic (exact) mass is 260 g/mol. The van der Waals surface area contributed by atoms with Crippen LogP contribution in [0, 0.1) is 5.92 Å². The molecule has 0 aliphatic heterocycles. The molecule has 16 heavy (non-hydrogen) atoms. The van der Waals surface area contributed by atoms with Crippen molar-refractivity contribution in [1.82, 2.24) is 0 Å². The van der Waals surface area contributed by atoms with Crippen LogP contribution in [0.3, 0.4) is 0 Å². The molecule has 0 spiro atoms. The molecule has 1 nitrogen and oxygen atoms in total. The maximum absolute atomic E-state index is 10.1. The Morgan fingerprint density at radius 2 is 1.81 bits per heavy atom. The molecule has 0 aliphatic rings. The minimum absolute atomic E-state index is 0.329. The molecule has 0 aliphatic carbocycles. The van der Waals surface area contributed by atoms with Gasteiger partial charge >= 0.3 is 0 Å². The van der Waals surface area contributed by atoms with Gasteiger partial charge in [-0.05, 0) is 29.7 Å². The molecule has 0 aromatic heterocycles. The predicted molar refractivity (Wildman–Crippen MR) is 70.2 cm³/mol. The number of hydrogen-bond acceptors (Lipinski definition) is 1. The Hall–Kier alpha value is -0.240. The van der Waals surface area contributed by atoms with E-state index >= 15 is 0 Å². The Morgan fingerprint density at radius 1 is 1.19 bits per heavy atom. The van der Waals surface area contributed by atoms with Crippen LogP contribution in [0.4, 0.5) is 0 Å². The molecule has 1 atom stereocenters. The van der Waals surface area contributed by atoms with Gasteiger partial charge in [0.15, 0.2) is 0 Å². The van der Waals surface area contributed by atoms with Crippen molar-refractivity contribution in [2.45, 2.75) is 39.2 Å². The van der Waals surface area contributed by atoms with Gasteiger partial charge in [0.2, 0.25) is 0 Å². The van der Waals surface area contributed by atoms with E-state index in [-0.39, 0.29) is 6.10 Å². The number of rotatable bonds is 5. The van der Waals surface area contributed by atoms with Crippen LogP contribution in [0.2, 0.25) is 10.0 Å². The summed E-state index contributed by atoms with van der Waals surface area (Å²) in [6, 6.07) is 5.37. The Morgan fingerprint density at radius 3 is 2.38 bits per heavy atom. The Labute approximate surface area is 107 Å². The van der Waals surface area contributed by atoms with E-state index in [1.165, 1.54) is 0 Å². The lowest BCUT2D eigenvalue weighted by atomic mass is 9.92. The van der Waals surface area contributed by atoms with Crippen molar-refractivity contribution >= 4 is 23.2 Å². The second-order valence-electron chi connectivity index (χ2n) is 4.08. The van der Waals surface area contributed by atoms with Crippen molar-refractivity contribution in [2.24, 2.45) is 5.92 Å². The fourth-order valence-corrected chi connectivity index (χ4v) is 2.31. The van der Waals surface area contributed by atoms with Gasteiger partial charge in [0.25, 0.3) is 0 Å². The predicted octanol–water partition coefficient (Wildman–Crippen LogP) is 4.33. The first-order chi connectivity index (χ1) is 7.58. The first kappa shape index (κ1) is 13.8. The van der Waals surface area contributed by atoms with Crippen LogP contribution in [0.25, 0.3) is 0 Å². The molecule has 1 N–H and O–H groups in total. The highest BCUT2D eigenvalue weighted by Crippen LogP contribution is 2.24.